The van der Waals surface area contributed by atoms with E-state index >= 15 is 0 Å². The van der Waals surface area contributed by atoms with Gasteiger partial charge in [0.2, 0.25) is 0 Å². The quantitative estimate of drug-likeness (QED) is 0.687. The van der Waals surface area contributed by atoms with Crippen LogP contribution >= 0.6 is 12.6 Å². The molecule has 1 nitrogen and oxygen atoms in total. The molecule has 1 heterocycles. The van der Waals surface area contributed by atoms with Gasteiger partial charge in [0.25, 0.3) is 0 Å². The normalized spacial score (nSPS) is 33.2. The highest BCUT2D eigenvalue weighted by Gasteiger charge is 2.24. The van der Waals surface area contributed by atoms with Gasteiger partial charge >= 0.3 is 0 Å². The molecular weight excluding hydrogens is 178 g/mol. The van der Waals surface area contributed by atoms with E-state index in [1.807, 2.05) is 0 Å². The lowest BCUT2D eigenvalue weighted by molar-refractivity contribution is 0.102. The van der Waals surface area contributed by atoms with Crippen LogP contribution in [0.2, 0.25) is 0 Å². The first-order valence-electron chi connectivity index (χ1n) is 5.50. The molecule has 0 aliphatic carbocycles. The Balaban J connectivity index is 2.39. The Labute approximate surface area is 88.3 Å². The van der Waals surface area contributed by atoms with Gasteiger partial charge < -0.3 is 4.90 Å². The number of hydrogen-bond donors (Lipinski definition) is 1. The van der Waals surface area contributed by atoms with Crippen molar-refractivity contribution in [1.82, 2.24) is 4.90 Å². The van der Waals surface area contributed by atoms with Crippen LogP contribution in [0.1, 0.15) is 33.6 Å². The van der Waals surface area contributed by atoms with Crippen LogP contribution in [0.3, 0.4) is 0 Å². The summed E-state index contributed by atoms with van der Waals surface area (Å²) in [6.07, 6.45) is 2.79. The fraction of sp³-hybridized carbons (Fsp3) is 1.00. The van der Waals surface area contributed by atoms with Gasteiger partial charge in [-0.2, -0.15) is 12.6 Å². The minimum Gasteiger partial charge on any atom is -0.300 e. The molecule has 3 unspecified atom stereocenters. The molecule has 2 heteroatoms. The average molecular weight is 201 g/mol. The first-order valence-corrected chi connectivity index (χ1v) is 6.13. The number of thiol groups is 1. The summed E-state index contributed by atoms with van der Waals surface area (Å²) in [5.41, 5.74) is 0. The number of rotatable bonds is 3. The largest absolute Gasteiger partial charge is 0.300 e. The van der Waals surface area contributed by atoms with Crippen molar-refractivity contribution in [3.63, 3.8) is 0 Å². The lowest BCUT2D eigenvalue weighted by Crippen LogP contribution is -2.44. The Kier molecular flexibility index (Phi) is 4.60. The van der Waals surface area contributed by atoms with E-state index in [0.717, 1.165) is 23.6 Å². The molecule has 1 fully saturated rings. The maximum Gasteiger partial charge on any atom is 0.00926 e. The minimum absolute atomic E-state index is 0.732. The Morgan fingerprint density at radius 1 is 1.46 bits per heavy atom. The predicted octanol–water partition coefficient (Wildman–Crippen LogP) is 2.67. The molecule has 1 aliphatic heterocycles. The maximum absolute atomic E-state index is 4.34. The van der Waals surface area contributed by atoms with Crippen LogP contribution in [0.25, 0.3) is 0 Å². The van der Waals surface area contributed by atoms with Crippen molar-refractivity contribution >= 4 is 12.6 Å². The van der Waals surface area contributed by atoms with Gasteiger partial charge in [-0.05, 0) is 43.9 Å². The van der Waals surface area contributed by atoms with Gasteiger partial charge in [-0.3, -0.25) is 0 Å². The van der Waals surface area contributed by atoms with E-state index in [-0.39, 0.29) is 0 Å². The highest BCUT2D eigenvalue weighted by Crippen LogP contribution is 2.23. The van der Waals surface area contributed by atoms with Gasteiger partial charge in [-0.25, -0.2) is 0 Å². The van der Waals surface area contributed by atoms with E-state index in [1.54, 1.807) is 0 Å². The lowest BCUT2D eigenvalue weighted by atomic mass is 9.91. The third kappa shape index (κ3) is 3.17. The summed E-state index contributed by atoms with van der Waals surface area (Å²) in [6.45, 7) is 9.56. The molecule has 0 radical (unpaired) electrons. The summed E-state index contributed by atoms with van der Waals surface area (Å²) in [4.78, 5) is 2.63. The van der Waals surface area contributed by atoms with Crippen LogP contribution in [0.4, 0.5) is 0 Å². The lowest BCUT2D eigenvalue weighted by Gasteiger charge is -2.39. The van der Waals surface area contributed by atoms with Gasteiger partial charge in [0.05, 0.1) is 0 Å². The molecule has 0 aromatic carbocycles. The van der Waals surface area contributed by atoms with Crippen molar-refractivity contribution in [2.45, 2.75) is 39.7 Å². The van der Waals surface area contributed by atoms with E-state index in [0.29, 0.717) is 0 Å². The molecule has 0 amide bonds. The molecular formula is C11H23NS. The number of likely N-dealkylation sites (tertiary alicyclic amines) is 1. The molecule has 0 aromatic heterocycles. The summed E-state index contributed by atoms with van der Waals surface area (Å²) < 4.78 is 0. The van der Waals surface area contributed by atoms with Crippen molar-refractivity contribution in [3.05, 3.63) is 0 Å². The van der Waals surface area contributed by atoms with E-state index in [4.69, 9.17) is 0 Å². The Hall–Kier alpha value is 0.310. The van der Waals surface area contributed by atoms with Crippen molar-refractivity contribution in [2.24, 2.45) is 11.8 Å². The van der Waals surface area contributed by atoms with E-state index in [9.17, 15) is 0 Å². The van der Waals surface area contributed by atoms with Crippen LogP contribution in [0, 0.1) is 11.8 Å². The van der Waals surface area contributed by atoms with Gasteiger partial charge in [0.15, 0.2) is 0 Å². The fourth-order valence-electron chi connectivity index (χ4n) is 2.14. The predicted molar refractivity (Wildman–Crippen MR) is 62.5 cm³/mol. The first-order chi connectivity index (χ1) is 6.15. The third-order valence-corrected chi connectivity index (χ3v) is 3.99. The zero-order valence-electron chi connectivity index (χ0n) is 9.16. The second-order valence-electron chi connectivity index (χ2n) is 4.64. The van der Waals surface area contributed by atoms with Crippen LogP contribution in [-0.4, -0.2) is 29.8 Å². The molecule has 0 N–H and O–H groups in total. The number of hydrogen-bond acceptors (Lipinski definition) is 2. The van der Waals surface area contributed by atoms with Crippen molar-refractivity contribution in [2.75, 3.05) is 18.8 Å². The molecule has 1 aliphatic rings. The van der Waals surface area contributed by atoms with Crippen molar-refractivity contribution in [1.29, 1.82) is 0 Å². The molecule has 1 saturated heterocycles. The molecule has 0 aromatic rings. The zero-order valence-corrected chi connectivity index (χ0v) is 10.1. The summed E-state index contributed by atoms with van der Waals surface area (Å²) in [5.74, 6) is 2.62. The third-order valence-electron chi connectivity index (χ3n) is 3.36. The van der Waals surface area contributed by atoms with Crippen LogP contribution in [-0.2, 0) is 0 Å². The van der Waals surface area contributed by atoms with Gasteiger partial charge in [-0.15, -0.1) is 0 Å². The van der Waals surface area contributed by atoms with Gasteiger partial charge in [0, 0.05) is 12.6 Å². The second kappa shape index (κ2) is 5.26. The summed E-state index contributed by atoms with van der Waals surface area (Å²) in [7, 11) is 0. The van der Waals surface area contributed by atoms with Crippen LogP contribution in [0.5, 0.6) is 0 Å². The zero-order chi connectivity index (χ0) is 9.84. The minimum atomic E-state index is 0.732. The Bertz CT molecular complexity index is 149. The summed E-state index contributed by atoms with van der Waals surface area (Å²) >= 11 is 4.34. The standard InChI is InChI=1S/C11H23NS/c1-9(8-13)7-12-6-4-5-10(2)11(12)3/h9-11,13H,4-8H2,1-3H3. The van der Waals surface area contributed by atoms with Gasteiger partial charge in [0.1, 0.15) is 0 Å². The highest BCUT2D eigenvalue weighted by atomic mass is 32.1. The monoisotopic (exact) mass is 201 g/mol. The molecule has 13 heavy (non-hydrogen) atoms. The molecule has 3 atom stereocenters. The first kappa shape index (κ1) is 11.4. The average Bonchev–Trinajstić information content (AvgIpc) is 2.13. The van der Waals surface area contributed by atoms with Crippen LogP contribution in [0.15, 0.2) is 0 Å². The second-order valence-corrected chi connectivity index (χ2v) is 5.01. The Morgan fingerprint density at radius 2 is 2.15 bits per heavy atom. The van der Waals surface area contributed by atoms with Crippen LogP contribution < -0.4 is 0 Å². The maximum atomic E-state index is 4.34. The topological polar surface area (TPSA) is 3.24 Å². The molecule has 0 spiro atoms. The summed E-state index contributed by atoms with van der Waals surface area (Å²) in [5, 5.41) is 0. The SMILES string of the molecule is CC(CS)CN1CCCC(C)C1C. The smallest absolute Gasteiger partial charge is 0.00926 e. The van der Waals surface area contributed by atoms with E-state index < -0.39 is 0 Å². The highest BCUT2D eigenvalue weighted by molar-refractivity contribution is 7.80. The summed E-state index contributed by atoms with van der Waals surface area (Å²) in [6, 6.07) is 0.774. The van der Waals surface area contributed by atoms with Crippen molar-refractivity contribution < 1.29 is 0 Å². The fourth-order valence-corrected chi connectivity index (χ4v) is 2.25. The van der Waals surface area contributed by atoms with E-state index in [2.05, 4.69) is 38.3 Å². The number of nitrogens with zero attached hydrogens (tertiary/aromatic N) is 1. The van der Waals surface area contributed by atoms with Crippen molar-refractivity contribution in [3.8, 4) is 0 Å². The molecule has 0 bridgehead atoms. The molecule has 78 valence electrons. The van der Waals surface area contributed by atoms with E-state index in [1.165, 1.54) is 25.9 Å². The number of piperidine rings is 1. The van der Waals surface area contributed by atoms with Gasteiger partial charge in [-0.1, -0.05) is 13.8 Å². The Morgan fingerprint density at radius 3 is 2.77 bits per heavy atom. The molecule has 0 saturated carbocycles. The molecule has 1 rings (SSSR count).